The maximum Gasteiger partial charge on any atom is 0.259 e. The third-order valence-corrected chi connectivity index (χ3v) is 4.11. The van der Waals surface area contributed by atoms with Crippen LogP contribution >= 0.6 is 0 Å². The second kappa shape index (κ2) is 7.03. The van der Waals surface area contributed by atoms with Crippen molar-refractivity contribution in [2.24, 2.45) is 0 Å². The molecule has 6 heteroatoms. The summed E-state index contributed by atoms with van der Waals surface area (Å²) in [6.07, 6.45) is 1.77. The van der Waals surface area contributed by atoms with Crippen molar-refractivity contribution in [2.75, 3.05) is 14.2 Å². The number of rotatable bonds is 5. The van der Waals surface area contributed by atoms with Crippen molar-refractivity contribution >= 4 is 5.91 Å². The molecule has 0 atom stereocenters. The van der Waals surface area contributed by atoms with E-state index in [0.717, 1.165) is 22.6 Å². The fourth-order valence-corrected chi connectivity index (χ4v) is 2.76. The third-order valence-electron chi connectivity index (χ3n) is 4.11. The molecule has 0 aromatic carbocycles. The Morgan fingerprint density at radius 3 is 2.58 bits per heavy atom. The Hall–Kier alpha value is -2.37. The minimum atomic E-state index is -0.113. The molecule has 0 bridgehead atoms. The summed E-state index contributed by atoms with van der Waals surface area (Å²) in [5.74, 6) is 1.41. The molecule has 130 valence electrons. The highest BCUT2D eigenvalue weighted by molar-refractivity contribution is 5.96. The molecule has 0 aliphatic carbocycles. The Balaban J connectivity index is 2.29. The van der Waals surface area contributed by atoms with Crippen LogP contribution in [-0.2, 0) is 6.54 Å². The molecule has 0 aliphatic rings. The average molecular weight is 331 g/mol. The molecular weight excluding hydrogens is 306 g/mol. The van der Waals surface area contributed by atoms with E-state index in [-0.39, 0.29) is 11.8 Å². The maximum atomic E-state index is 12.9. The number of amides is 1. The second-order valence-corrected chi connectivity index (χ2v) is 6.37. The van der Waals surface area contributed by atoms with E-state index in [1.165, 1.54) is 0 Å². The Morgan fingerprint density at radius 1 is 1.33 bits per heavy atom. The molecule has 0 spiro atoms. The van der Waals surface area contributed by atoms with Gasteiger partial charge in [-0.15, -0.1) is 0 Å². The lowest BCUT2D eigenvalue weighted by Crippen LogP contribution is -2.28. The van der Waals surface area contributed by atoms with Gasteiger partial charge in [-0.3, -0.25) is 9.78 Å². The normalized spacial score (nSPS) is 11.0. The fraction of sp³-hybridized carbons (Fsp3) is 0.500. The zero-order chi connectivity index (χ0) is 18.0. The predicted octanol–water partition coefficient (Wildman–Crippen LogP) is 3.40. The van der Waals surface area contributed by atoms with Crippen molar-refractivity contribution in [3.8, 4) is 5.75 Å². The van der Waals surface area contributed by atoms with Crippen LogP contribution in [0.2, 0.25) is 0 Å². The molecule has 2 aromatic heterocycles. The van der Waals surface area contributed by atoms with Crippen LogP contribution in [0.15, 0.2) is 10.7 Å². The molecule has 0 fully saturated rings. The number of nitrogens with zero attached hydrogens (tertiary/aromatic N) is 3. The van der Waals surface area contributed by atoms with Crippen molar-refractivity contribution in [3.63, 3.8) is 0 Å². The number of aryl methyl sites for hydroxylation is 2. The first-order valence-corrected chi connectivity index (χ1v) is 7.98. The molecule has 0 unspecified atom stereocenters. The summed E-state index contributed by atoms with van der Waals surface area (Å²) in [5, 5.41) is 3.95. The molecule has 0 aliphatic heterocycles. The van der Waals surface area contributed by atoms with Gasteiger partial charge in [0.05, 0.1) is 25.0 Å². The summed E-state index contributed by atoms with van der Waals surface area (Å²) < 4.78 is 10.8. The lowest BCUT2D eigenvalue weighted by atomic mass is 10.0. The molecule has 2 aromatic rings. The van der Waals surface area contributed by atoms with Crippen molar-refractivity contribution in [2.45, 2.75) is 47.1 Å². The summed E-state index contributed by atoms with van der Waals surface area (Å²) in [6, 6.07) is 0. The summed E-state index contributed by atoms with van der Waals surface area (Å²) in [7, 11) is 3.40. The molecular formula is C18H25N3O3. The first-order chi connectivity index (χ1) is 11.3. The molecule has 6 nitrogen and oxygen atoms in total. The first kappa shape index (κ1) is 18.0. The first-order valence-electron chi connectivity index (χ1n) is 7.98. The van der Waals surface area contributed by atoms with Gasteiger partial charge in [-0.25, -0.2) is 0 Å². The smallest absolute Gasteiger partial charge is 0.259 e. The quantitative estimate of drug-likeness (QED) is 0.840. The Bertz CT molecular complexity index is 750. The van der Waals surface area contributed by atoms with Crippen molar-refractivity contribution in [3.05, 3.63) is 40.0 Å². The minimum absolute atomic E-state index is 0.0953. The lowest BCUT2D eigenvalue weighted by molar-refractivity contribution is 0.0779. The van der Waals surface area contributed by atoms with Gasteiger partial charge < -0.3 is 14.2 Å². The largest absolute Gasteiger partial charge is 0.496 e. The molecule has 24 heavy (non-hydrogen) atoms. The Labute approximate surface area is 142 Å². The predicted molar refractivity (Wildman–Crippen MR) is 91.4 cm³/mol. The fourth-order valence-electron chi connectivity index (χ4n) is 2.76. The van der Waals surface area contributed by atoms with Gasteiger partial charge in [-0.05, 0) is 20.8 Å². The van der Waals surface area contributed by atoms with Crippen LogP contribution in [0.1, 0.15) is 58.4 Å². The topological polar surface area (TPSA) is 68.5 Å². The van der Waals surface area contributed by atoms with Gasteiger partial charge in [0.25, 0.3) is 5.91 Å². The summed E-state index contributed by atoms with van der Waals surface area (Å²) in [6.45, 7) is 10.0. The van der Waals surface area contributed by atoms with Gasteiger partial charge in [0, 0.05) is 30.3 Å². The van der Waals surface area contributed by atoms with E-state index in [9.17, 15) is 4.79 Å². The maximum absolute atomic E-state index is 12.9. The van der Waals surface area contributed by atoms with Gasteiger partial charge in [0.15, 0.2) is 5.76 Å². The SMILES string of the molecule is COc1c(C)cnc(CN(C)C(=O)c2c(C)noc2C(C)C)c1C. The molecule has 0 saturated carbocycles. The molecule has 0 saturated heterocycles. The molecule has 0 radical (unpaired) electrons. The van der Waals surface area contributed by atoms with Crippen LogP contribution in [0.4, 0.5) is 0 Å². The average Bonchev–Trinajstić information content (AvgIpc) is 2.91. The highest BCUT2D eigenvalue weighted by atomic mass is 16.5. The monoisotopic (exact) mass is 331 g/mol. The Kier molecular flexibility index (Phi) is 5.26. The number of aromatic nitrogens is 2. The highest BCUT2D eigenvalue weighted by Gasteiger charge is 2.25. The zero-order valence-electron chi connectivity index (χ0n) is 15.4. The van der Waals surface area contributed by atoms with Crippen LogP contribution in [0, 0.1) is 20.8 Å². The van der Waals surface area contributed by atoms with E-state index in [0.29, 0.717) is 23.6 Å². The third kappa shape index (κ3) is 3.27. The van der Waals surface area contributed by atoms with E-state index in [4.69, 9.17) is 9.26 Å². The number of hydrogen-bond donors (Lipinski definition) is 0. The number of carbonyl (C=O) groups excluding carboxylic acids is 1. The van der Waals surface area contributed by atoms with Gasteiger partial charge >= 0.3 is 0 Å². The van der Waals surface area contributed by atoms with Gasteiger partial charge in [0.2, 0.25) is 0 Å². The number of carbonyl (C=O) groups is 1. The molecule has 1 amide bonds. The zero-order valence-corrected chi connectivity index (χ0v) is 15.4. The highest BCUT2D eigenvalue weighted by Crippen LogP contribution is 2.26. The van der Waals surface area contributed by atoms with Crippen molar-refractivity contribution < 1.29 is 14.1 Å². The van der Waals surface area contributed by atoms with E-state index < -0.39 is 0 Å². The summed E-state index contributed by atoms with van der Waals surface area (Å²) in [4.78, 5) is 18.9. The second-order valence-electron chi connectivity index (χ2n) is 6.37. The minimum Gasteiger partial charge on any atom is -0.496 e. The van der Waals surface area contributed by atoms with Gasteiger partial charge in [-0.1, -0.05) is 19.0 Å². The van der Waals surface area contributed by atoms with Crippen LogP contribution in [0.3, 0.4) is 0 Å². The summed E-state index contributed by atoms with van der Waals surface area (Å²) >= 11 is 0. The number of ether oxygens (including phenoxy) is 1. The standard InChI is InChI=1S/C18H25N3O3/c1-10(2)16-15(13(5)20-24-16)18(22)21(6)9-14-12(4)17(23-7)11(3)8-19-14/h8,10H,9H2,1-7H3. The van der Waals surface area contributed by atoms with E-state index in [2.05, 4.69) is 10.1 Å². The molecule has 2 heterocycles. The summed E-state index contributed by atoms with van der Waals surface area (Å²) in [5.41, 5.74) is 3.90. The van der Waals surface area contributed by atoms with Crippen LogP contribution < -0.4 is 4.74 Å². The van der Waals surface area contributed by atoms with Crippen molar-refractivity contribution in [1.82, 2.24) is 15.0 Å². The van der Waals surface area contributed by atoms with E-state index >= 15 is 0 Å². The van der Waals surface area contributed by atoms with Crippen LogP contribution in [-0.4, -0.2) is 35.1 Å². The van der Waals surface area contributed by atoms with Crippen LogP contribution in [0.25, 0.3) is 0 Å². The number of pyridine rings is 1. The number of methoxy groups -OCH3 is 1. The number of hydrogen-bond acceptors (Lipinski definition) is 5. The Morgan fingerprint density at radius 2 is 2.00 bits per heavy atom. The van der Waals surface area contributed by atoms with Crippen molar-refractivity contribution in [1.29, 1.82) is 0 Å². The van der Waals surface area contributed by atoms with E-state index in [1.54, 1.807) is 32.2 Å². The van der Waals surface area contributed by atoms with Crippen LogP contribution in [0.5, 0.6) is 5.75 Å². The van der Waals surface area contributed by atoms with Gasteiger partial charge in [-0.2, -0.15) is 0 Å². The molecule has 2 rings (SSSR count). The molecule has 0 N–H and O–H groups in total. The lowest BCUT2D eigenvalue weighted by Gasteiger charge is -2.20. The van der Waals surface area contributed by atoms with Gasteiger partial charge in [0.1, 0.15) is 11.3 Å². The van der Waals surface area contributed by atoms with E-state index in [1.807, 2.05) is 27.7 Å².